The Kier molecular flexibility index (Phi) is 4.12. The van der Waals surface area contributed by atoms with Crippen LogP contribution in [0.25, 0.3) is 5.57 Å². The van der Waals surface area contributed by atoms with Gasteiger partial charge >= 0.3 is 6.03 Å². The second kappa shape index (κ2) is 6.72. The molecule has 0 saturated carbocycles. The van der Waals surface area contributed by atoms with E-state index in [4.69, 9.17) is 0 Å². The van der Waals surface area contributed by atoms with E-state index in [9.17, 15) is 22.8 Å². The summed E-state index contributed by atoms with van der Waals surface area (Å²) in [5, 5.41) is 2.51. The minimum Gasteiger partial charge on any atom is -0.319 e. The summed E-state index contributed by atoms with van der Waals surface area (Å²) < 4.78 is 40.8. The number of nitrogens with one attached hydrogen (secondary N) is 1. The Bertz CT molecular complexity index is 1170. The van der Waals surface area contributed by atoms with Crippen molar-refractivity contribution in [1.29, 1.82) is 0 Å². The van der Waals surface area contributed by atoms with E-state index in [2.05, 4.69) is 10.3 Å². The summed E-state index contributed by atoms with van der Waals surface area (Å²) in [4.78, 5) is 31.4. The van der Waals surface area contributed by atoms with Crippen LogP contribution in [0, 0.1) is 17.5 Å². The van der Waals surface area contributed by atoms with Gasteiger partial charge in [0, 0.05) is 37.4 Å². The molecule has 1 aliphatic carbocycles. The first-order chi connectivity index (χ1) is 14.4. The van der Waals surface area contributed by atoms with E-state index in [1.54, 1.807) is 17.2 Å². The topological polar surface area (TPSA) is 65.3 Å². The SMILES string of the molecule is O=C1Nc2ccc(F)c(F)c2CN1CCC(=O)N1C2=CC(c3cncc(F)c3)=C[C@H]21.[HH]. The molecule has 2 aliphatic heterocycles. The lowest BCUT2D eigenvalue weighted by Gasteiger charge is -2.29. The van der Waals surface area contributed by atoms with E-state index in [1.807, 2.05) is 6.08 Å². The fourth-order valence-corrected chi connectivity index (χ4v) is 3.82. The van der Waals surface area contributed by atoms with Gasteiger partial charge in [0.15, 0.2) is 11.6 Å². The number of rotatable bonds is 4. The maximum Gasteiger partial charge on any atom is 0.322 e. The zero-order valence-electron chi connectivity index (χ0n) is 15.5. The van der Waals surface area contributed by atoms with Crippen LogP contribution in [-0.2, 0) is 11.3 Å². The first-order valence-electron chi connectivity index (χ1n) is 9.31. The minimum atomic E-state index is -1.00. The van der Waals surface area contributed by atoms with Crippen molar-refractivity contribution < 1.29 is 24.2 Å². The summed E-state index contributed by atoms with van der Waals surface area (Å²) in [6.07, 6.45) is 6.38. The van der Waals surface area contributed by atoms with Gasteiger partial charge in [-0.3, -0.25) is 9.78 Å². The van der Waals surface area contributed by atoms with Crippen LogP contribution in [0.4, 0.5) is 23.7 Å². The maximum absolute atomic E-state index is 14.0. The smallest absolute Gasteiger partial charge is 0.319 e. The van der Waals surface area contributed by atoms with E-state index in [0.29, 0.717) is 5.56 Å². The van der Waals surface area contributed by atoms with E-state index >= 15 is 0 Å². The van der Waals surface area contributed by atoms with Crippen molar-refractivity contribution in [3.05, 3.63) is 77.0 Å². The van der Waals surface area contributed by atoms with Gasteiger partial charge in [-0.1, -0.05) is 0 Å². The first kappa shape index (κ1) is 18.4. The van der Waals surface area contributed by atoms with Crippen molar-refractivity contribution >= 4 is 23.2 Å². The van der Waals surface area contributed by atoms with Crippen LogP contribution < -0.4 is 5.32 Å². The zero-order chi connectivity index (χ0) is 21.0. The Balaban J connectivity index is 0.00000231. The summed E-state index contributed by atoms with van der Waals surface area (Å²) in [5.74, 6) is -2.60. The molecule has 1 atom stereocenters. The lowest BCUT2D eigenvalue weighted by atomic mass is 10.1. The predicted molar refractivity (Wildman–Crippen MR) is 103 cm³/mol. The molecule has 30 heavy (non-hydrogen) atoms. The Hall–Kier alpha value is -3.62. The van der Waals surface area contributed by atoms with E-state index in [-0.39, 0.29) is 44.1 Å². The number of pyridine rings is 1. The van der Waals surface area contributed by atoms with Crippen LogP contribution in [0.5, 0.6) is 0 Å². The molecule has 3 aliphatic rings. The average molecular weight is 414 g/mol. The van der Waals surface area contributed by atoms with Crippen LogP contribution in [0.2, 0.25) is 0 Å². The normalized spacial score (nSPS) is 19.0. The molecule has 1 aromatic heterocycles. The number of amides is 3. The summed E-state index contributed by atoms with van der Waals surface area (Å²) in [7, 11) is 0. The Morgan fingerprint density at radius 2 is 2.10 bits per heavy atom. The van der Waals surface area contributed by atoms with Gasteiger partial charge in [-0.15, -0.1) is 0 Å². The van der Waals surface area contributed by atoms with E-state index in [1.165, 1.54) is 17.0 Å². The van der Waals surface area contributed by atoms with Crippen molar-refractivity contribution in [2.24, 2.45) is 0 Å². The molecule has 6 nitrogen and oxygen atoms in total. The summed E-state index contributed by atoms with van der Waals surface area (Å²) in [5.41, 5.74) is 2.54. The number of aromatic nitrogens is 1. The van der Waals surface area contributed by atoms with Crippen LogP contribution in [0.1, 0.15) is 19.0 Å². The summed E-state index contributed by atoms with van der Waals surface area (Å²) in [6, 6.07) is 3.02. The molecule has 2 aromatic rings. The lowest BCUT2D eigenvalue weighted by Crippen LogP contribution is -2.40. The molecule has 154 valence electrons. The average Bonchev–Trinajstić information content (AvgIpc) is 3.23. The van der Waals surface area contributed by atoms with Gasteiger partial charge in [0.05, 0.1) is 24.5 Å². The Morgan fingerprint density at radius 1 is 1.27 bits per heavy atom. The van der Waals surface area contributed by atoms with Crippen LogP contribution >= 0.6 is 0 Å². The minimum absolute atomic E-state index is 0. The molecular formula is C21H17F3N4O2. The molecule has 0 bridgehead atoms. The number of hydrogen-bond acceptors (Lipinski definition) is 3. The molecule has 0 spiro atoms. The molecule has 0 radical (unpaired) electrons. The number of halogens is 3. The number of benzene rings is 1. The molecule has 3 heterocycles. The maximum atomic E-state index is 14.0. The lowest BCUT2D eigenvalue weighted by molar-refractivity contribution is -0.125. The molecule has 1 saturated heterocycles. The van der Waals surface area contributed by atoms with Gasteiger partial charge in [0.2, 0.25) is 5.91 Å². The fraction of sp³-hybridized carbons (Fsp3) is 0.190. The molecular weight excluding hydrogens is 397 g/mol. The predicted octanol–water partition coefficient (Wildman–Crippen LogP) is 3.67. The van der Waals surface area contributed by atoms with Crippen LogP contribution in [-0.4, -0.2) is 39.3 Å². The van der Waals surface area contributed by atoms with Crippen molar-refractivity contribution in [2.75, 3.05) is 11.9 Å². The zero-order valence-corrected chi connectivity index (χ0v) is 15.5. The first-order valence-corrected chi connectivity index (χ1v) is 9.31. The number of anilines is 1. The molecule has 3 amide bonds. The van der Waals surface area contributed by atoms with Crippen molar-refractivity contribution in [3.63, 3.8) is 0 Å². The van der Waals surface area contributed by atoms with Crippen molar-refractivity contribution in [3.8, 4) is 0 Å². The number of fused-ring (bicyclic) bond motifs is 2. The second-order valence-corrected chi connectivity index (χ2v) is 7.28. The number of urea groups is 1. The molecule has 0 unspecified atom stereocenters. The van der Waals surface area contributed by atoms with E-state index < -0.39 is 23.5 Å². The fourth-order valence-electron chi connectivity index (χ4n) is 3.82. The van der Waals surface area contributed by atoms with Crippen LogP contribution in [0.15, 0.2) is 48.4 Å². The Labute approximate surface area is 170 Å². The quantitative estimate of drug-likeness (QED) is 0.777. The van der Waals surface area contributed by atoms with Gasteiger partial charge in [0.1, 0.15) is 5.82 Å². The molecule has 5 rings (SSSR count). The van der Waals surface area contributed by atoms with Gasteiger partial charge in [-0.2, -0.15) is 0 Å². The third kappa shape index (κ3) is 3.02. The molecule has 9 heteroatoms. The molecule has 1 aromatic carbocycles. The molecule has 1 fully saturated rings. The Morgan fingerprint density at radius 3 is 2.83 bits per heavy atom. The highest BCUT2D eigenvalue weighted by atomic mass is 19.2. The van der Waals surface area contributed by atoms with E-state index in [0.717, 1.165) is 23.5 Å². The third-order valence-corrected chi connectivity index (χ3v) is 5.41. The standard InChI is InChI=1S/C21H15F3N4O2.H2/c22-13-5-12(8-25-9-13)11-6-17-18(7-11)28(17)19(29)3-4-27-10-14-16(26-21(27)30)2-1-15(23)20(14)24;/h1-2,5-9,17H,3-4,10H2,(H,26,30);1H/t17-,28?;/m1./s1. The van der Waals surface area contributed by atoms with Gasteiger partial charge in [-0.25, -0.2) is 18.0 Å². The monoisotopic (exact) mass is 414 g/mol. The number of allylic oxidation sites excluding steroid dienone is 2. The highest BCUT2D eigenvalue weighted by Crippen LogP contribution is 2.44. The van der Waals surface area contributed by atoms with Crippen LogP contribution in [0.3, 0.4) is 0 Å². The highest BCUT2D eigenvalue weighted by Gasteiger charge is 2.46. The number of hydrogen-bond donors (Lipinski definition) is 1. The number of nitrogens with zero attached hydrogens (tertiary/aromatic N) is 3. The third-order valence-electron chi connectivity index (χ3n) is 5.41. The van der Waals surface area contributed by atoms with Gasteiger partial charge in [-0.05, 0) is 35.9 Å². The van der Waals surface area contributed by atoms with Gasteiger partial charge < -0.3 is 15.1 Å². The second-order valence-electron chi connectivity index (χ2n) is 7.28. The largest absolute Gasteiger partial charge is 0.322 e. The van der Waals surface area contributed by atoms with Gasteiger partial charge in [0.25, 0.3) is 0 Å². The summed E-state index contributed by atoms with van der Waals surface area (Å²) >= 11 is 0. The van der Waals surface area contributed by atoms with Crippen molar-refractivity contribution in [2.45, 2.75) is 19.0 Å². The number of carbonyl (C=O) groups is 2. The number of carbonyl (C=O) groups excluding carboxylic acids is 2. The molecule has 1 N–H and O–H groups in total. The highest BCUT2D eigenvalue weighted by molar-refractivity contribution is 5.94. The van der Waals surface area contributed by atoms with Crippen molar-refractivity contribution in [1.82, 2.24) is 14.8 Å². The summed E-state index contributed by atoms with van der Waals surface area (Å²) in [6.45, 7) is -0.0399.